The number of carbonyl (C=O) groups is 1. The van der Waals surface area contributed by atoms with Crippen LogP contribution in [-0.4, -0.2) is 42.7 Å². The van der Waals surface area contributed by atoms with E-state index in [4.69, 9.17) is 4.74 Å². The van der Waals surface area contributed by atoms with Crippen molar-refractivity contribution in [2.75, 3.05) is 31.7 Å². The van der Waals surface area contributed by atoms with Crippen molar-refractivity contribution in [1.29, 1.82) is 0 Å². The Morgan fingerprint density at radius 2 is 2.17 bits per heavy atom. The van der Waals surface area contributed by atoms with Crippen LogP contribution in [0, 0.1) is 0 Å². The average molecular weight is 345 g/mol. The second-order valence-electron chi connectivity index (χ2n) is 6.11. The summed E-state index contributed by atoms with van der Waals surface area (Å²) < 4.78 is 10.9. The van der Waals surface area contributed by atoms with Crippen molar-refractivity contribution in [3.05, 3.63) is 40.0 Å². The zero-order chi connectivity index (χ0) is 16.6. The lowest BCUT2D eigenvalue weighted by molar-refractivity contribution is -0.0735. The summed E-state index contributed by atoms with van der Waals surface area (Å²) in [5.74, 6) is 0.326. The molecule has 0 atom stereocenters. The molecular formula is C17H19N3O3S. The maximum Gasteiger partial charge on any atom is 0.358 e. The van der Waals surface area contributed by atoms with Gasteiger partial charge in [0.15, 0.2) is 5.69 Å². The molecule has 2 aliphatic heterocycles. The molecule has 0 amide bonds. The van der Waals surface area contributed by atoms with E-state index in [1.807, 2.05) is 11.3 Å². The van der Waals surface area contributed by atoms with E-state index < -0.39 is 5.97 Å². The normalized spacial score (nSPS) is 19.1. The number of piperidine rings is 1. The molecule has 1 saturated heterocycles. The number of aromatic nitrogens is 2. The Kier molecular flexibility index (Phi) is 3.97. The molecule has 24 heavy (non-hydrogen) atoms. The molecule has 4 heterocycles. The van der Waals surface area contributed by atoms with Gasteiger partial charge < -0.3 is 14.4 Å². The summed E-state index contributed by atoms with van der Waals surface area (Å²) in [7, 11) is 1.34. The van der Waals surface area contributed by atoms with Crippen molar-refractivity contribution in [3.8, 4) is 0 Å². The van der Waals surface area contributed by atoms with Gasteiger partial charge in [-0.2, -0.15) is 0 Å². The van der Waals surface area contributed by atoms with Crippen molar-refractivity contribution in [2.24, 2.45) is 0 Å². The van der Waals surface area contributed by atoms with Crippen molar-refractivity contribution < 1.29 is 14.3 Å². The van der Waals surface area contributed by atoms with E-state index in [2.05, 4.69) is 31.1 Å². The highest BCUT2D eigenvalue weighted by molar-refractivity contribution is 7.10. The van der Waals surface area contributed by atoms with Gasteiger partial charge in [0, 0.05) is 18.0 Å². The summed E-state index contributed by atoms with van der Waals surface area (Å²) in [5.41, 5.74) is 1.55. The number of rotatable bonds is 2. The van der Waals surface area contributed by atoms with Gasteiger partial charge in [0.05, 0.1) is 26.1 Å². The molecule has 0 radical (unpaired) electrons. The Morgan fingerprint density at radius 3 is 2.88 bits per heavy atom. The SMILES string of the molecule is COC(=O)c1cnc(N2CCC3(CC2)OCCc2ccsc23)cn1. The maximum atomic E-state index is 11.4. The summed E-state index contributed by atoms with van der Waals surface area (Å²) in [6.45, 7) is 2.53. The third-order valence-corrected chi connectivity index (χ3v) is 5.98. The van der Waals surface area contributed by atoms with Gasteiger partial charge in [-0.05, 0) is 36.3 Å². The Morgan fingerprint density at radius 1 is 1.33 bits per heavy atom. The molecule has 1 spiro atoms. The first kappa shape index (κ1) is 15.5. The molecule has 1 fully saturated rings. The van der Waals surface area contributed by atoms with Crippen LogP contribution in [0.3, 0.4) is 0 Å². The van der Waals surface area contributed by atoms with Crippen LogP contribution in [0.4, 0.5) is 5.82 Å². The number of hydrogen-bond acceptors (Lipinski definition) is 7. The van der Waals surface area contributed by atoms with Gasteiger partial charge in [-0.3, -0.25) is 0 Å². The van der Waals surface area contributed by atoms with Crippen LogP contribution >= 0.6 is 11.3 Å². The second kappa shape index (κ2) is 6.14. The highest BCUT2D eigenvalue weighted by atomic mass is 32.1. The zero-order valence-electron chi connectivity index (χ0n) is 13.5. The van der Waals surface area contributed by atoms with Gasteiger partial charge in [-0.15, -0.1) is 11.3 Å². The van der Waals surface area contributed by atoms with Crippen LogP contribution in [0.1, 0.15) is 33.8 Å². The first-order valence-electron chi connectivity index (χ1n) is 8.08. The summed E-state index contributed by atoms with van der Waals surface area (Å²) in [6, 6.07) is 2.23. The standard InChI is InChI=1S/C17H19N3O3S/c1-22-16(21)13-10-19-14(11-18-13)20-6-4-17(5-7-20)15-12(2-8-23-17)3-9-24-15/h3,9-11H,2,4-8H2,1H3. The first-order chi connectivity index (χ1) is 11.7. The van der Waals surface area contributed by atoms with Gasteiger partial charge >= 0.3 is 5.97 Å². The number of hydrogen-bond donors (Lipinski definition) is 0. The summed E-state index contributed by atoms with van der Waals surface area (Å²) >= 11 is 1.81. The smallest absolute Gasteiger partial charge is 0.358 e. The minimum absolute atomic E-state index is 0.127. The fourth-order valence-corrected chi connectivity index (χ4v) is 4.68. The topological polar surface area (TPSA) is 64.5 Å². The highest BCUT2D eigenvalue weighted by Crippen LogP contribution is 2.44. The number of thiophene rings is 1. The van der Waals surface area contributed by atoms with Gasteiger partial charge in [0.1, 0.15) is 11.4 Å². The van der Waals surface area contributed by atoms with Crippen LogP contribution in [0.15, 0.2) is 23.8 Å². The molecule has 7 heteroatoms. The number of fused-ring (bicyclic) bond motifs is 2. The van der Waals surface area contributed by atoms with Gasteiger partial charge in [-0.1, -0.05) is 0 Å². The molecular weight excluding hydrogens is 326 g/mol. The van der Waals surface area contributed by atoms with Crippen molar-refractivity contribution in [3.63, 3.8) is 0 Å². The number of ether oxygens (including phenoxy) is 2. The number of nitrogens with zero attached hydrogens (tertiary/aromatic N) is 3. The van der Waals surface area contributed by atoms with E-state index in [-0.39, 0.29) is 11.3 Å². The molecule has 2 aromatic rings. The van der Waals surface area contributed by atoms with E-state index in [1.54, 1.807) is 6.20 Å². The van der Waals surface area contributed by atoms with Gasteiger partial charge in [-0.25, -0.2) is 14.8 Å². The van der Waals surface area contributed by atoms with E-state index in [9.17, 15) is 4.79 Å². The fourth-order valence-electron chi connectivity index (χ4n) is 3.52. The fraction of sp³-hybridized carbons (Fsp3) is 0.471. The third kappa shape index (κ3) is 2.57. The highest BCUT2D eigenvalue weighted by Gasteiger charge is 2.42. The monoisotopic (exact) mass is 345 g/mol. The Bertz CT molecular complexity index is 736. The number of methoxy groups -OCH3 is 1. The van der Waals surface area contributed by atoms with E-state index in [0.717, 1.165) is 44.8 Å². The quantitative estimate of drug-likeness (QED) is 0.779. The number of carbonyl (C=O) groups excluding carboxylic acids is 1. The van der Waals surface area contributed by atoms with Crippen LogP contribution in [0.5, 0.6) is 0 Å². The first-order valence-corrected chi connectivity index (χ1v) is 8.96. The zero-order valence-corrected chi connectivity index (χ0v) is 14.3. The summed E-state index contributed by atoms with van der Waals surface area (Å²) in [4.78, 5) is 23.6. The Balaban J connectivity index is 1.48. The van der Waals surface area contributed by atoms with Gasteiger partial charge in [0.2, 0.25) is 0 Å². The molecule has 6 nitrogen and oxygen atoms in total. The van der Waals surface area contributed by atoms with Crippen LogP contribution in [0.2, 0.25) is 0 Å². The number of anilines is 1. The molecule has 4 rings (SSSR count). The lowest BCUT2D eigenvalue weighted by atomic mass is 9.85. The molecule has 0 saturated carbocycles. The molecule has 2 aromatic heterocycles. The van der Waals surface area contributed by atoms with E-state index in [0.29, 0.717) is 0 Å². The minimum Gasteiger partial charge on any atom is -0.464 e. The van der Waals surface area contributed by atoms with Crippen LogP contribution in [0.25, 0.3) is 0 Å². The molecule has 0 unspecified atom stereocenters. The molecule has 0 aromatic carbocycles. The Hall–Kier alpha value is -1.99. The maximum absolute atomic E-state index is 11.4. The molecule has 0 bridgehead atoms. The summed E-state index contributed by atoms with van der Waals surface area (Å²) in [6.07, 6.45) is 6.02. The van der Waals surface area contributed by atoms with E-state index in [1.165, 1.54) is 23.7 Å². The third-order valence-electron chi connectivity index (χ3n) is 4.84. The molecule has 0 aliphatic carbocycles. The van der Waals surface area contributed by atoms with Crippen molar-refractivity contribution in [2.45, 2.75) is 24.9 Å². The van der Waals surface area contributed by atoms with Crippen molar-refractivity contribution >= 4 is 23.1 Å². The molecule has 126 valence electrons. The van der Waals surface area contributed by atoms with Crippen LogP contribution < -0.4 is 4.90 Å². The average Bonchev–Trinajstić information content (AvgIpc) is 3.12. The minimum atomic E-state index is -0.465. The van der Waals surface area contributed by atoms with Crippen molar-refractivity contribution in [1.82, 2.24) is 9.97 Å². The van der Waals surface area contributed by atoms with E-state index >= 15 is 0 Å². The summed E-state index contributed by atoms with van der Waals surface area (Å²) in [5, 5.41) is 2.17. The molecule has 0 N–H and O–H groups in total. The lowest BCUT2D eigenvalue weighted by Gasteiger charge is -2.44. The molecule has 2 aliphatic rings. The van der Waals surface area contributed by atoms with Gasteiger partial charge in [0.25, 0.3) is 0 Å². The van der Waals surface area contributed by atoms with Crippen LogP contribution in [-0.2, 0) is 21.5 Å². The Labute approximate surface area is 144 Å². The second-order valence-corrected chi connectivity index (χ2v) is 7.02. The predicted molar refractivity (Wildman–Crippen MR) is 90.5 cm³/mol. The predicted octanol–water partition coefficient (Wildman–Crippen LogP) is 2.39. The largest absolute Gasteiger partial charge is 0.464 e. The lowest BCUT2D eigenvalue weighted by Crippen LogP contribution is -2.46. The number of esters is 1.